The van der Waals surface area contributed by atoms with Crippen LogP contribution >= 0.6 is 0 Å². The molecule has 2 aromatic heterocycles. The highest BCUT2D eigenvalue weighted by molar-refractivity contribution is 5.72. The number of rotatable bonds is 10. The van der Waals surface area contributed by atoms with Crippen molar-refractivity contribution in [3.63, 3.8) is 0 Å². The van der Waals surface area contributed by atoms with E-state index >= 15 is 0 Å². The lowest BCUT2D eigenvalue weighted by molar-refractivity contribution is -0.153. The Labute approximate surface area is 175 Å². The molecule has 2 unspecified atom stereocenters. The van der Waals surface area contributed by atoms with Gasteiger partial charge in [-0.05, 0) is 50.1 Å². The van der Waals surface area contributed by atoms with Gasteiger partial charge in [-0.25, -0.2) is 9.78 Å². The predicted octanol–water partition coefficient (Wildman–Crippen LogP) is 4.43. The van der Waals surface area contributed by atoms with Gasteiger partial charge in [0.15, 0.2) is 6.10 Å². The number of pyridine rings is 1. The number of aryl methyl sites for hydroxylation is 1. The molecule has 0 spiro atoms. The van der Waals surface area contributed by atoms with Crippen LogP contribution in [0.2, 0.25) is 0 Å². The first-order chi connectivity index (χ1) is 14.5. The van der Waals surface area contributed by atoms with E-state index in [0.717, 1.165) is 17.5 Å². The summed E-state index contributed by atoms with van der Waals surface area (Å²) < 4.78 is 17.1. The van der Waals surface area contributed by atoms with Crippen molar-refractivity contribution in [2.24, 2.45) is 0 Å². The Bertz CT molecular complexity index is 953. The van der Waals surface area contributed by atoms with Crippen LogP contribution in [0.4, 0.5) is 0 Å². The predicted molar refractivity (Wildman–Crippen MR) is 111 cm³/mol. The fraction of sp³-hybridized carbons (Fsp3) is 0.348. The lowest BCUT2D eigenvalue weighted by Gasteiger charge is -2.18. The number of carboxylic acids is 1. The summed E-state index contributed by atoms with van der Waals surface area (Å²) >= 11 is 0. The molecule has 30 heavy (non-hydrogen) atoms. The topological polar surface area (TPSA) is 94.7 Å². The number of ether oxygens (including phenoxy) is 2. The maximum Gasteiger partial charge on any atom is 0.333 e. The molecule has 2 atom stereocenters. The van der Waals surface area contributed by atoms with Crippen molar-refractivity contribution >= 4 is 5.97 Å². The summed E-state index contributed by atoms with van der Waals surface area (Å²) in [5.41, 5.74) is 2.39. The van der Waals surface area contributed by atoms with Crippen molar-refractivity contribution < 1.29 is 23.8 Å². The highest BCUT2D eigenvalue weighted by Crippen LogP contribution is 2.22. The molecule has 0 aliphatic rings. The summed E-state index contributed by atoms with van der Waals surface area (Å²) in [7, 11) is 0. The van der Waals surface area contributed by atoms with Crippen LogP contribution in [0.25, 0.3) is 11.5 Å². The van der Waals surface area contributed by atoms with Gasteiger partial charge in [0.25, 0.3) is 0 Å². The molecule has 0 aliphatic carbocycles. The first-order valence-corrected chi connectivity index (χ1v) is 9.93. The highest BCUT2D eigenvalue weighted by atomic mass is 16.5. The Hall–Kier alpha value is -3.19. The minimum atomic E-state index is -0.957. The molecule has 0 radical (unpaired) electrons. The Morgan fingerprint density at radius 3 is 2.63 bits per heavy atom. The zero-order valence-electron chi connectivity index (χ0n) is 17.4. The molecule has 1 aromatic carbocycles. The summed E-state index contributed by atoms with van der Waals surface area (Å²) in [6.45, 7) is 5.95. The van der Waals surface area contributed by atoms with E-state index in [9.17, 15) is 9.90 Å². The maximum absolute atomic E-state index is 11.4. The van der Waals surface area contributed by atoms with Crippen LogP contribution in [-0.2, 0) is 22.6 Å². The first-order valence-electron chi connectivity index (χ1n) is 9.93. The Morgan fingerprint density at radius 2 is 2.00 bits per heavy atom. The van der Waals surface area contributed by atoms with Crippen molar-refractivity contribution in [1.82, 2.24) is 9.97 Å². The summed E-state index contributed by atoms with van der Waals surface area (Å²) in [6.07, 6.45) is 3.50. The quantitative estimate of drug-likeness (QED) is 0.528. The van der Waals surface area contributed by atoms with Gasteiger partial charge in [-0.3, -0.25) is 4.98 Å². The zero-order valence-corrected chi connectivity index (χ0v) is 17.4. The van der Waals surface area contributed by atoms with E-state index in [1.54, 1.807) is 12.4 Å². The smallest absolute Gasteiger partial charge is 0.333 e. The average Bonchev–Trinajstić information content (AvgIpc) is 3.13. The van der Waals surface area contributed by atoms with Gasteiger partial charge in [-0.15, -0.1) is 0 Å². The van der Waals surface area contributed by atoms with Crippen LogP contribution in [0, 0.1) is 6.92 Å². The molecule has 0 amide bonds. The van der Waals surface area contributed by atoms with Gasteiger partial charge in [0, 0.05) is 18.8 Å². The number of aliphatic carboxylic acids is 1. The van der Waals surface area contributed by atoms with E-state index in [1.807, 2.05) is 57.2 Å². The molecule has 0 bridgehead atoms. The third-order valence-corrected chi connectivity index (χ3v) is 4.77. The molecule has 0 aliphatic heterocycles. The summed E-state index contributed by atoms with van der Waals surface area (Å²) in [5.74, 6) is 0.910. The van der Waals surface area contributed by atoms with Crippen LogP contribution < -0.4 is 4.74 Å². The van der Waals surface area contributed by atoms with Gasteiger partial charge in [0.2, 0.25) is 5.89 Å². The second kappa shape index (κ2) is 10.0. The molecular weight excluding hydrogens is 384 g/mol. The largest absolute Gasteiger partial charge is 0.487 e. The Balaban J connectivity index is 1.60. The van der Waals surface area contributed by atoms with Gasteiger partial charge >= 0.3 is 5.97 Å². The molecule has 0 saturated heterocycles. The van der Waals surface area contributed by atoms with E-state index in [2.05, 4.69) is 9.97 Å². The van der Waals surface area contributed by atoms with Gasteiger partial charge < -0.3 is 19.0 Å². The minimum absolute atomic E-state index is 0.101. The van der Waals surface area contributed by atoms with E-state index in [0.29, 0.717) is 29.5 Å². The lowest BCUT2D eigenvalue weighted by atomic mass is 10.1. The SMILES string of the molecule is CCC(C)OC(Cc1ccc(OCc2nc(-c3cccnc3)oc2C)cc1)C(=O)O. The molecule has 7 heteroatoms. The van der Waals surface area contributed by atoms with Crippen LogP contribution in [0.15, 0.2) is 53.2 Å². The van der Waals surface area contributed by atoms with Crippen LogP contribution in [0.3, 0.4) is 0 Å². The second-order valence-electron chi connectivity index (χ2n) is 7.08. The van der Waals surface area contributed by atoms with Gasteiger partial charge in [-0.1, -0.05) is 19.1 Å². The summed E-state index contributed by atoms with van der Waals surface area (Å²) in [4.78, 5) is 20.0. The summed E-state index contributed by atoms with van der Waals surface area (Å²) in [6, 6.07) is 11.0. The number of carboxylic acid groups (broad SMARTS) is 1. The fourth-order valence-corrected chi connectivity index (χ4v) is 2.83. The van der Waals surface area contributed by atoms with Crippen molar-refractivity contribution in [3.8, 4) is 17.2 Å². The number of carbonyl (C=O) groups is 1. The van der Waals surface area contributed by atoms with Gasteiger partial charge in [0.1, 0.15) is 23.8 Å². The fourth-order valence-electron chi connectivity index (χ4n) is 2.83. The molecule has 7 nitrogen and oxygen atoms in total. The number of benzene rings is 1. The van der Waals surface area contributed by atoms with E-state index in [4.69, 9.17) is 13.9 Å². The van der Waals surface area contributed by atoms with Crippen molar-refractivity contribution in [1.29, 1.82) is 0 Å². The molecule has 2 heterocycles. The molecule has 0 saturated carbocycles. The lowest BCUT2D eigenvalue weighted by Crippen LogP contribution is -2.30. The van der Waals surface area contributed by atoms with E-state index in [-0.39, 0.29) is 12.7 Å². The van der Waals surface area contributed by atoms with Gasteiger partial charge in [0.05, 0.1) is 11.7 Å². The number of hydrogen-bond donors (Lipinski definition) is 1. The summed E-state index contributed by atoms with van der Waals surface area (Å²) in [5, 5.41) is 9.38. The first kappa shape index (κ1) is 21.5. The Morgan fingerprint density at radius 1 is 1.23 bits per heavy atom. The molecule has 158 valence electrons. The van der Waals surface area contributed by atoms with Crippen LogP contribution in [-0.4, -0.2) is 33.3 Å². The van der Waals surface area contributed by atoms with E-state index in [1.165, 1.54) is 0 Å². The van der Waals surface area contributed by atoms with Crippen molar-refractivity contribution in [2.75, 3.05) is 0 Å². The number of oxazole rings is 1. The molecule has 3 rings (SSSR count). The standard InChI is InChI=1S/C23H26N2O5/c1-4-15(2)29-21(23(26)27)12-17-7-9-19(10-8-17)28-14-20-16(3)30-22(25-20)18-6-5-11-24-13-18/h5-11,13,15,21H,4,12,14H2,1-3H3,(H,26,27). The normalized spacial score (nSPS) is 13.0. The Kier molecular flexibility index (Phi) is 7.19. The monoisotopic (exact) mass is 410 g/mol. The molecule has 1 N–H and O–H groups in total. The number of nitrogens with zero attached hydrogens (tertiary/aromatic N) is 2. The third kappa shape index (κ3) is 5.67. The second-order valence-corrected chi connectivity index (χ2v) is 7.08. The highest BCUT2D eigenvalue weighted by Gasteiger charge is 2.21. The van der Waals surface area contributed by atoms with Gasteiger partial charge in [-0.2, -0.15) is 0 Å². The third-order valence-electron chi connectivity index (χ3n) is 4.77. The molecule has 3 aromatic rings. The minimum Gasteiger partial charge on any atom is -0.487 e. The van der Waals surface area contributed by atoms with Crippen LogP contribution in [0.1, 0.15) is 37.3 Å². The maximum atomic E-state index is 11.4. The average molecular weight is 410 g/mol. The molecular formula is C23H26N2O5. The van der Waals surface area contributed by atoms with Crippen LogP contribution in [0.5, 0.6) is 5.75 Å². The number of aromatic nitrogens is 2. The van der Waals surface area contributed by atoms with E-state index < -0.39 is 12.1 Å². The van der Waals surface area contributed by atoms with Crippen molar-refractivity contribution in [2.45, 2.75) is 52.4 Å². The zero-order chi connectivity index (χ0) is 21.5. The molecule has 0 fully saturated rings. The number of hydrogen-bond acceptors (Lipinski definition) is 6. The van der Waals surface area contributed by atoms with Crippen molar-refractivity contribution in [3.05, 3.63) is 65.8 Å².